The van der Waals surface area contributed by atoms with E-state index in [9.17, 15) is 9.59 Å². The summed E-state index contributed by atoms with van der Waals surface area (Å²) in [7, 11) is 1.57. The van der Waals surface area contributed by atoms with Gasteiger partial charge < -0.3 is 10.2 Å². The van der Waals surface area contributed by atoms with Crippen LogP contribution in [0.4, 0.5) is 0 Å². The van der Waals surface area contributed by atoms with Gasteiger partial charge in [-0.1, -0.05) is 60.5 Å². The van der Waals surface area contributed by atoms with E-state index in [4.69, 9.17) is 23.2 Å². The Morgan fingerprint density at radius 1 is 1.07 bits per heavy atom. The SMILES string of the molecule is CCC(C(=O)NC)N(Cc1c(Cl)cccc1Cl)C(=O)Cc1ccccc1C. The number of rotatable bonds is 7. The third-order valence-electron chi connectivity index (χ3n) is 4.63. The number of hydrogen-bond donors (Lipinski definition) is 1. The number of likely N-dealkylation sites (N-methyl/N-ethyl adjacent to an activating group) is 1. The first kappa shape index (κ1) is 21.3. The van der Waals surface area contributed by atoms with Crippen molar-refractivity contribution >= 4 is 35.0 Å². The van der Waals surface area contributed by atoms with Crippen LogP contribution in [0.1, 0.15) is 30.0 Å². The Bertz CT molecular complexity index is 803. The molecule has 144 valence electrons. The molecule has 0 aliphatic carbocycles. The molecule has 4 nitrogen and oxygen atoms in total. The van der Waals surface area contributed by atoms with E-state index in [-0.39, 0.29) is 24.8 Å². The molecule has 0 heterocycles. The maximum atomic E-state index is 13.2. The fourth-order valence-corrected chi connectivity index (χ4v) is 3.53. The number of carbonyl (C=O) groups excluding carboxylic acids is 2. The van der Waals surface area contributed by atoms with Crippen molar-refractivity contribution in [1.29, 1.82) is 0 Å². The smallest absolute Gasteiger partial charge is 0.242 e. The lowest BCUT2D eigenvalue weighted by molar-refractivity contribution is -0.140. The Kier molecular flexibility index (Phi) is 7.69. The number of hydrogen-bond acceptors (Lipinski definition) is 2. The Labute approximate surface area is 170 Å². The topological polar surface area (TPSA) is 49.4 Å². The zero-order valence-electron chi connectivity index (χ0n) is 15.8. The van der Waals surface area contributed by atoms with Crippen LogP contribution in [0.15, 0.2) is 42.5 Å². The van der Waals surface area contributed by atoms with E-state index in [0.29, 0.717) is 22.0 Å². The number of nitrogens with zero attached hydrogens (tertiary/aromatic N) is 1. The van der Waals surface area contributed by atoms with Gasteiger partial charge in [0.15, 0.2) is 0 Å². The number of aryl methyl sites for hydroxylation is 1. The molecule has 27 heavy (non-hydrogen) atoms. The lowest BCUT2D eigenvalue weighted by Gasteiger charge is -2.31. The van der Waals surface area contributed by atoms with Gasteiger partial charge in [-0.05, 0) is 36.6 Å². The van der Waals surface area contributed by atoms with Gasteiger partial charge in [-0.25, -0.2) is 0 Å². The minimum absolute atomic E-state index is 0.143. The number of halogens is 2. The Morgan fingerprint density at radius 2 is 1.70 bits per heavy atom. The van der Waals surface area contributed by atoms with Gasteiger partial charge in [-0.2, -0.15) is 0 Å². The highest BCUT2D eigenvalue weighted by molar-refractivity contribution is 6.36. The fourth-order valence-electron chi connectivity index (χ4n) is 3.01. The molecule has 0 spiro atoms. The van der Waals surface area contributed by atoms with Gasteiger partial charge in [-0.3, -0.25) is 9.59 Å². The maximum absolute atomic E-state index is 13.2. The number of amides is 2. The van der Waals surface area contributed by atoms with E-state index in [2.05, 4.69) is 5.32 Å². The quantitative estimate of drug-likeness (QED) is 0.740. The summed E-state index contributed by atoms with van der Waals surface area (Å²) in [6, 6.07) is 12.3. The van der Waals surface area contributed by atoms with E-state index >= 15 is 0 Å². The minimum atomic E-state index is -0.598. The number of carbonyl (C=O) groups is 2. The Morgan fingerprint density at radius 3 is 2.26 bits per heavy atom. The summed E-state index contributed by atoms with van der Waals surface area (Å²) >= 11 is 12.6. The van der Waals surface area contributed by atoms with Crippen LogP contribution in [-0.4, -0.2) is 29.8 Å². The molecule has 0 saturated carbocycles. The predicted molar refractivity (Wildman–Crippen MR) is 110 cm³/mol. The molecule has 0 bridgehead atoms. The van der Waals surface area contributed by atoms with E-state index in [0.717, 1.165) is 11.1 Å². The highest BCUT2D eigenvalue weighted by Gasteiger charge is 2.29. The van der Waals surface area contributed by atoms with E-state index < -0.39 is 6.04 Å². The minimum Gasteiger partial charge on any atom is -0.357 e. The average molecular weight is 407 g/mol. The van der Waals surface area contributed by atoms with Crippen molar-refractivity contribution in [2.45, 2.75) is 39.3 Å². The second-order valence-electron chi connectivity index (χ2n) is 6.36. The number of benzene rings is 2. The standard InChI is InChI=1S/C21H24Cl2N2O2/c1-4-19(21(27)24-3)25(13-16-17(22)10-7-11-18(16)23)20(26)12-15-9-6-5-8-14(15)2/h5-11,19H,4,12-13H2,1-3H3,(H,24,27). The lowest BCUT2D eigenvalue weighted by atomic mass is 10.0. The van der Waals surface area contributed by atoms with E-state index in [1.807, 2.05) is 38.1 Å². The first-order chi connectivity index (χ1) is 12.9. The van der Waals surface area contributed by atoms with Crippen molar-refractivity contribution in [3.8, 4) is 0 Å². The van der Waals surface area contributed by atoms with Crippen LogP contribution in [-0.2, 0) is 22.6 Å². The van der Waals surface area contributed by atoms with Crippen molar-refractivity contribution in [2.24, 2.45) is 0 Å². The van der Waals surface area contributed by atoms with Gasteiger partial charge in [0.2, 0.25) is 11.8 Å². The highest BCUT2D eigenvalue weighted by atomic mass is 35.5. The summed E-state index contributed by atoms with van der Waals surface area (Å²) < 4.78 is 0. The van der Waals surface area contributed by atoms with Crippen LogP contribution in [0, 0.1) is 6.92 Å². The summed E-state index contributed by atoms with van der Waals surface area (Å²) in [4.78, 5) is 27.1. The summed E-state index contributed by atoms with van der Waals surface area (Å²) in [5.41, 5.74) is 2.61. The zero-order chi connectivity index (χ0) is 20.0. The van der Waals surface area contributed by atoms with Gasteiger partial charge in [-0.15, -0.1) is 0 Å². The van der Waals surface area contributed by atoms with Gasteiger partial charge in [0, 0.05) is 29.2 Å². The van der Waals surface area contributed by atoms with Crippen molar-refractivity contribution in [1.82, 2.24) is 10.2 Å². The van der Waals surface area contributed by atoms with Crippen LogP contribution in [0.3, 0.4) is 0 Å². The van der Waals surface area contributed by atoms with Crippen LogP contribution < -0.4 is 5.32 Å². The van der Waals surface area contributed by atoms with Crippen molar-refractivity contribution in [3.63, 3.8) is 0 Å². The summed E-state index contributed by atoms with van der Waals surface area (Å²) in [5.74, 6) is -0.352. The molecule has 2 aromatic carbocycles. The lowest BCUT2D eigenvalue weighted by Crippen LogP contribution is -2.48. The molecule has 0 aliphatic rings. The van der Waals surface area contributed by atoms with Gasteiger partial charge in [0.1, 0.15) is 6.04 Å². The van der Waals surface area contributed by atoms with Gasteiger partial charge in [0.05, 0.1) is 6.42 Å². The first-order valence-electron chi connectivity index (χ1n) is 8.87. The summed E-state index contributed by atoms with van der Waals surface area (Å²) in [6.45, 7) is 4.02. The second kappa shape index (κ2) is 9.77. The molecule has 0 radical (unpaired) electrons. The van der Waals surface area contributed by atoms with Crippen LogP contribution in [0.5, 0.6) is 0 Å². The molecule has 1 N–H and O–H groups in total. The molecule has 1 atom stereocenters. The number of nitrogens with one attached hydrogen (secondary N) is 1. The normalized spacial score (nSPS) is 11.7. The molecule has 0 fully saturated rings. The Hall–Kier alpha value is -2.04. The molecule has 2 aromatic rings. The fraction of sp³-hybridized carbons (Fsp3) is 0.333. The first-order valence-corrected chi connectivity index (χ1v) is 9.63. The Balaban J connectivity index is 2.38. The summed E-state index contributed by atoms with van der Waals surface area (Å²) in [6.07, 6.45) is 0.698. The van der Waals surface area contributed by atoms with Crippen molar-refractivity contribution in [3.05, 3.63) is 69.2 Å². The average Bonchev–Trinajstić information content (AvgIpc) is 2.65. The maximum Gasteiger partial charge on any atom is 0.242 e. The van der Waals surface area contributed by atoms with Crippen LogP contribution in [0.2, 0.25) is 10.0 Å². The zero-order valence-corrected chi connectivity index (χ0v) is 17.3. The molecular weight excluding hydrogens is 383 g/mol. The van der Waals surface area contributed by atoms with E-state index in [1.165, 1.54) is 0 Å². The van der Waals surface area contributed by atoms with Crippen molar-refractivity contribution < 1.29 is 9.59 Å². The molecule has 2 rings (SSSR count). The third-order valence-corrected chi connectivity index (χ3v) is 5.33. The molecular formula is C21H24Cl2N2O2. The largest absolute Gasteiger partial charge is 0.357 e. The van der Waals surface area contributed by atoms with Crippen LogP contribution >= 0.6 is 23.2 Å². The molecule has 0 aromatic heterocycles. The molecule has 0 aliphatic heterocycles. The predicted octanol–water partition coefficient (Wildman–Crippen LogP) is 4.40. The van der Waals surface area contributed by atoms with E-state index in [1.54, 1.807) is 30.1 Å². The summed E-state index contributed by atoms with van der Waals surface area (Å²) in [5, 5.41) is 3.59. The van der Waals surface area contributed by atoms with Gasteiger partial charge >= 0.3 is 0 Å². The van der Waals surface area contributed by atoms with Crippen LogP contribution in [0.25, 0.3) is 0 Å². The monoisotopic (exact) mass is 406 g/mol. The van der Waals surface area contributed by atoms with Gasteiger partial charge in [0.25, 0.3) is 0 Å². The third kappa shape index (κ3) is 5.24. The highest BCUT2D eigenvalue weighted by Crippen LogP contribution is 2.27. The molecule has 0 saturated heterocycles. The molecule has 2 amide bonds. The molecule has 6 heteroatoms. The van der Waals surface area contributed by atoms with Crippen molar-refractivity contribution in [2.75, 3.05) is 7.05 Å². The molecule has 1 unspecified atom stereocenters. The second-order valence-corrected chi connectivity index (χ2v) is 7.18.